The van der Waals surface area contributed by atoms with Gasteiger partial charge < -0.3 is 9.84 Å². The highest BCUT2D eigenvalue weighted by Crippen LogP contribution is 2.10. The molecule has 18 heavy (non-hydrogen) atoms. The number of carbonyl (C=O) groups is 1. The monoisotopic (exact) mass is 281 g/mol. The van der Waals surface area contributed by atoms with Gasteiger partial charge in [0, 0.05) is 6.54 Å². The molecule has 0 amide bonds. The largest absolute Gasteiger partial charge is 0.466 e. The fraction of sp³-hybridized carbons (Fsp3) is 0.909. The first-order valence-corrected chi connectivity index (χ1v) is 7.73. The van der Waals surface area contributed by atoms with Crippen LogP contribution in [0.15, 0.2) is 0 Å². The van der Waals surface area contributed by atoms with E-state index in [1.165, 1.54) is 6.92 Å². The van der Waals surface area contributed by atoms with Crippen LogP contribution in [0.2, 0.25) is 0 Å². The Morgan fingerprint density at radius 2 is 2.00 bits per heavy atom. The van der Waals surface area contributed by atoms with E-state index in [0.29, 0.717) is 6.42 Å². The lowest BCUT2D eigenvalue weighted by molar-refractivity contribution is -0.147. The number of sulfonamides is 1. The Morgan fingerprint density at radius 1 is 1.39 bits per heavy atom. The van der Waals surface area contributed by atoms with Crippen molar-refractivity contribution >= 4 is 16.0 Å². The van der Waals surface area contributed by atoms with E-state index >= 15 is 0 Å². The summed E-state index contributed by atoms with van der Waals surface area (Å²) in [5.74, 6) is -0.519. The SMILES string of the molecule is CCCCS(=O)(=O)NC[C@](C)(O)CC(=O)OCC. The molecule has 0 radical (unpaired) electrons. The number of aliphatic hydroxyl groups is 1. The van der Waals surface area contributed by atoms with E-state index in [4.69, 9.17) is 4.74 Å². The van der Waals surface area contributed by atoms with Gasteiger partial charge >= 0.3 is 5.97 Å². The summed E-state index contributed by atoms with van der Waals surface area (Å²) in [5.41, 5.74) is -1.44. The molecule has 7 heteroatoms. The van der Waals surface area contributed by atoms with Gasteiger partial charge in [-0.25, -0.2) is 13.1 Å². The van der Waals surface area contributed by atoms with Crippen LogP contribution in [-0.2, 0) is 19.6 Å². The number of carbonyl (C=O) groups excluding carboxylic acids is 1. The zero-order chi connectivity index (χ0) is 14.2. The van der Waals surface area contributed by atoms with E-state index in [1.54, 1.807) is 6.92 Å². The summed E-state index contributed by atoms with van der Waals surface area (Å²) in [6.45, 7) is 4.99. The Labute approximate surface area is 109 Å². The molecular weight excluding hydrogens is 258 g/mol. The molecule has 2 N–H and O–H groups in total. The minimum absolute atomic E-state index is 0.0268. The fourth-order valence-corrected chi connectivity index (χ4v) is 2.60. The van der Waals surface area contributed by atoms with Gasteiger partial charge in [0.25, 0.3) is 0 Å². The average molecular weight is 281 g/mol. The van der Waals surface area contributed by atoms with Gasteiger partial charge in [-0.05, 0) is 20.3 Å². The Bertz CT molecular complexity index is 350. The maximum atomic E-state index is 11.5. The van der Waals surface area contributed by atoms with E-state index in [9.17, 15) is 18.3 Å². The molecule has 0 aliphatic rings. The van der Waals surface area contributed by atoms with E-state index in [2.05, 4.69) is 4.72 Å². The molecule has 0 unspecified atom stereocenters. The van der Waals surface area contributed by atoms with Crippen molar-refractivity contribution in [3.63, 3.8) is 0 Å². The number of esters is 1. The van der Waals surface area contributed by atoms with Crippen molar-refractivity contribution < 1.29 is 23.1 Å². The molecule has 1 atom stereocenters. The highest BCUT2D eigenvalue weighted by Gasteiger charge is 2.27. The van der Waals surface area contributed by atoms with E-state index in [0.717, 1.165) is 6.42 Å². The second-order valence-electron chi connectivity index (χ2n) is 4.47. The average Bonchev–Trinajstić information content (AvgIpc) is 2.24. The van der Waals surface area contributed by atoms with Crippen LogP contribution in [0.25, 0.3) is 0 Å². The first-order valence-electron chi connectivity index (χ1n) is 6.08. The summed E-state index contributed by atoms with van der Waals surface area (Å²) in [7, 11) is -3.39. The molecule has 6 nitrogen and oxygen atoms in total. The molecular formula is C11H23NO5S. The van der Waals surface area contributed by atoms with Crippen LogP contribution in [0.3, 0.4) is 0 Å². The van der Waals surface area contributed by atoms with Gasteiger partial charge in [0.1, 0.15) is 0 Å². The van der Waals surface area contributed by atoms with Crippen LogP contribution in [0, 0.1) is 0 Å². The lowest BCUT2D eigenvalue weighted by atomic mass is 10.0. The van der Waals surface area contributed by atoms with E-state index < -0.39 is 21.6 Å². The fourth-order valence-electron chi connectivity index (χ4n) is 1.26. The molecule has 0 spiro atoms. The molecule has 0 fully saturated rings. The molecule has 108 valence electrons. The molecule has 0 aliphatic heterocycles. The topological polar surface area (TPSA) is 92.7 Å². The summed E-state index contributed by atoms with van der Waals surface area (Å²) in [5, 5.41) is 9.87. The van der Waals surface area contributed by atoms with Crippen LogP contribution in [0.4, 0.5) is 0 Å². The third kappa shape index (κ3) is 8.43. The Balaban J connectivity index is 4.21. The lowest BCUT2D eigenvalue weighted by Crippen LogP contribution is -2.43. The normalized spacial score (nSPS) is 15.1. The molecule has 0 rings (SSSR count). The second-order valence-corrected chi connectivity index (χ2v) is 6.40. The van der Waals surface area contributed by atoms with E-state index in [1.807, 2.05) is 6.92 Å². The standard InChI is InChI=1S/C11H23NO5S/c1-4-6-7-18(15,16)12-9-11(3,14)8-10(13)17-5-2/h12,14H,4-9H2,1-3H3/t11-/m1/s1. The van der Waals surface area contributed by atoms with Gasteiger partial charge in [0.05, 0.1) is 24.4 Å². The molecule has 0 heterocycles. The quantitative estimate of drug-likeness (QED) is 0.597. The first-order chi connectivity index (χ1) is 8.22. The highest BCUT2D eigenvalue weighted by molar-refractivity contribution is 7.89. The molecule has 0 aliphatic carbocycles. The lowest BCUT2D eigenvalue weighted by Gasteiger charge is -2.22. The van der Waals surface area contributed by atoms with Crippen molar-refractivity contribution in [3.05, 3.63) is 0 Å². The van der Waals surface area contributed by atoms with Crippen molar-refractivity contribution in [2.45, 2.75) is 45.6 Å². The predicted molar refractivity (Wildman–Crippen MR) is 68.6 cm³/mol. The van der Waals surface area contributed by atoms with Gasteiger partial charge in [0.15, 0.2) is 0 Å². The Morgan fingerprint density at radius 3 is 2.50 bits per heavy atom. The molecule has 0 aromatic carbocycles. The van der Waals surface area contributed by atoms with Crippen molar-refractivity contribution in [1.82, 2.24) is 4.72 Å². The van der Waals surface area contributed by atoms with Gasteiger partial charge in [-0.1, -0.05) is 13.3 Å². The third-order valence-corrected chi connectivity index (χ3v) is 3.68. The van der Waals surface area contributed by atoms with Gasteiger partial charge in [-0.2, -0.15) is 0 Å². The zero-order valence-corrected chi connectivity index (χ0v) is 12.0. The van der Waals surface area contributed by atoms with Crippen molar-refractivity contribution in [3.8, 4) is 0 Å². The maximum absolute atomic E-state index is 11.5. The summed E-state index contributed by atoms with van der Waals surface area (Å²) in [6.07, 6.45) is 1.10. The van der Waals surface area contributed by atoms with Gasteiger partial charge in [-0.3, -0.25) is 4.79 Å². The molecule has 0 bridgehead atoms. The predicted octanol–water partition coefficient (Wildman–Crippen LogP) is 0.410. The number of hydrogen-bond acceptors (Lipinski definition) is 5. The second kappa shape index (κ2) is 7.70. The molecule has 0 aromatic rings. The molecule has 0 saturated heterocycles. The number of rotatable bonds is 9. The van der Waals surface area contributed by atoms with Crippen molar-refractivity contribution in [1.29, 1.82) is 0 Å². The van der Waals surface area contributed by atoms with Crippen LogP contribution in [0.1, 0.15) is 40.0 Å². The number of ether oxygens (including phenoxy) is 1. The molecule has 0 aromatic heterocycles. The molecule has 0 saturated carbocycles. The summed E-state index contributed by atoms with van der Waals surface area (Å²) >= 11 is 0. The number of hydrogen-bond donors (Lipinski definition) is 2. The zero-order valence-electron chi connectivity index (χ0n) is 11.2. The van der Waals surface area contributed by atoms with Crippen molar-refractivity contribution in [2.75, 3.05) is 18.9 Å². The summed E-state index contributed by atoms with van der Waals surface area (Å²) in [6, 6.07) is 0. The number of nitrogens with one attached hydrogen (secondary N) is 1. The van der Waals surface area contributed by atoms with Crippen molar-refractivity contribution in [2.24, 2.45) is 0 Å². The minimum atomic E-state index is -3.39. The van der Waals surface area contributed by atoms with Gasteiger partial charge in [-0.15, -0.1) is 0 Å². The Hall–Kier alpha value is -0.660. The first kappa shape index (κ1) is 17.3. The maximum Gasteiger partial charge on any atom is 0.308 e. The van der Waals surface area contributed by atoms with Crippen LogP contribution in [0.5, 0.6) is 0 Å². The van der Waals surface area contributed by atoms with Crippen LogP contribution >= 0.6 is 0 Å². The highest BCUT2D eigenvalue weighted by atomic mass is 32.2. The number of unbranched alkanes of at least 4 members (excludes halogenated alkanes) is 1. The Kier molecular flexibility index (Phi) is 7.42. The smallest absolute Gasteiger partial charge is 0.308 e. The summed E-state index contributed by atoms with van der Waals surface area (Å²) in [4.78, 5) is 11.2. The summed E-state index contributed by atoms with van der Waals surface area (Å²) < 4.78 is 30.0. The van der Waals surface area contributed by atoms with Crippen LogP contribution in [-0.4, -0.2) is 44.0 Å². The van der Waals surface area contributed by atoms with Gasteiger partial charge in [0.2, 0.25) is 10.0 Å². The third-order valence-electron chi connectivity index (χ3n) is 2.27. The van der Waals surface area contributed by atoms with Crippen LogP contribution < -0.4 is 4.72 Å². The minimum Gasteiger partial charge on any atom is -0.466 e. The van der Waals surface area contributed by atoms with E-state index in [-0.39, 0.29) is 25.3 Å².